The maximum Gasteiger partial charge on any atom is 0.105 e. The van der Waals surface area contributed by atoms with E-state index in [0.717, 1.165) is 12.1 Å². The molecule has 104 valence electrons. The summed E-state index contributed by atoms with van der Waals surface area (Å²) in [5.74, 6) is 0. The average Bonchev–Trinajstić information content (AvgIpc) is 2.40. The zero-order chi connectivity index (χ0) is 13.8. The van der Waals surface area contributed by atoms with Gasteiger partial charge in [-0.3, -0.25) is 0 Å². The zero-order valence-corrected chi connectivity index (χ0v) is 12.9. The van der Waals surface area contributed by atoms with Crippen molar-refractivity contribution in [2.24, 2.45) is 5.73 Å². The molecule has 0 saturated heterocycles. The van der Waals surface area contributed by atoms with E-state index < -0.39 is 0 Å². The van der Waals surface area contributed by atoms with Crippen LogP contribution in [0.4, 0.5) is 5.69 Å². The lowest BCUT2D eigenvalue weighted by Gasteiger charge is -2.35. The van der Waals surface area contributed by atoms with Gasteiger partial charge < -0.3 is 10.6 Å². The second kappa shape index (κ2) is 6.58. The fraction of sp³-hybridized carbons (Fsp3) is 0.533. The van der Waals surface area contributed by atoms with Gasteiger partial charge >= 0.3 is 0 Å². The number of hydrogen-bond acceptors (Lipinski definition) is 2. The average molecular weight is 297 g/mol. The third kappa shape index (κ3) is 3.40. The first-order chi connectivity index (χ1) is 9.13. The molecule has 1 aromatic rings. The van der Waals surface area contributed by atoms with Crippen LogP contribution in [0.3, 0.4) is 0 Å². The first-order valence-corrected chi connectivity index (χ1v) is 7.78. The molecule has 2 rings (SSSR count). The maximum atomic E-state index is 6.27. The summed E-state index contributed by atoms with van der Waals surface area (Å²) >= 11 is 11.3. The number of rotatable bonds is 4. The SMILES string of the molecule is CCN(c1ccc(C(N)=S)c(Cl)c1)C1CCCCC1. The van der Waals surface area contributed by atoms with Gasteiger partial charge in [-0.05, 0) is 38.0 Å². The normalized spacial score (nSPS) is 16.3. The molecule has 2 N–H and O–H groups in total. The molecule has 0 atom stereocenters. The van der Waals surface area contributed by atoms with Crippen LogP contribution in [0.5, 0.6) is 0 Å². The predicted octanol–water partition coefficient (Wildman–Crippen LogP) is 4.13. The van der Waals surface area contributed by atoms with E-state index in [1.807, 2.05) is 12.1 Å². The molecule has 0 spiro atoms. The van der Waals surface area contributed by atoms with Crippen molar-refractivity contribution >= 4 is 34.5 Å². The summed E-state index contributed by atoms with van der Waals surface area (Å²) in [6.45, 7) is 3.21. The molecule has 4 heteroatoms. The quantitative estimate of drug-likeness (QED) is 0.847. The third-order valence-electron chi connectivity index (χ3n) is 3.91. The van der Waals surface area contributed by atoms with Gasteiger partial charge in [0.1, 0.15) is 4.99 Å². The van der Waals surface area contributed by atoms with Gasteiger partial charge in [0.25, 0.3) is 0 Å². The molecule has 0 aromatic heterocycles. The summed E-state index contributed by atoms with van der Waals surface area (Å²) in [7, 11) is 0. The molecular weight excluding hydrogens is 276 g/mol. The molecule has 0 aliphatic heterocycles. The van der Waals surface area contributed by atoms with Gasteiger partial charge in [-0.1, -0.05) is 43.1 Å². The number of halogens is 1. The van der Waals surface area contributed by atoms with Gasteiger partial charge in [-0.2, -0.15) is 0 Å². The Bertz CT molecular complexity index is 455. The highest BCUT2D eigenvalue weighted by Gasteiger charge is 2.20. The minimum absolute atomic E-state index is 0.359. The summed E-state index contributed by atoms with van der Waals surface area (Å²) in [5, 5.41) is 0.652. The summed E-state index contributed by atoms with van der Waals surface area (Å²) in [5.41, 5.74) is 7.59. The lowest BCUT2D eigenvalue weighted by Crippen LogP contribution is -2.36. The number of anilines is 1. The van der Waals surface area contributed by atoms with Crippen molar-refractivity contribution in [1.82, 2.24) is 0 Å². The molecule has 2 nitrogen and oxygen atoms in total. The molecule has 1 fully saturated rings. The first kappa shape index (κ1) is 14.6. The highest BCUT2D eigenvalue weighted by molar-refractivity contribution is 7.80. The minimum atomic E-state index is 0.359. The smallest absolute Gasteiger partial charge is 0.105 e. The van der Waals surface area contributed by atoms with Crippen LogP contribution in [0, 0.1) is 0 Å². The van der Waals surface area contributed by atoms with E-state index in [-0.39, 0.29) is 0 Å². The molecule has 1 aromatic carbocycles. The second-order valence-corrected chi connectivity index (χ2v) is 5.95. The number of nitrogens with two attached hydrogens (primary N) is 1. The van der Waals surface area contributed by atoms with E-state index in [1.165, 1.54) is 37.8 Å². The zero-order valence-electron chi connectivity index (χ0n) is 11.4. The van der Waals surface area contributed by atoms with Gasteiger partial charge in [-0.15, -0.1) is 0 Å². The Balaban J connectivity index is 2.23. The molecule has 19 heavy (non-hydrogen) atoms. The molecule has 0 unspecified atom stereocenters. The highest BCUT2D eigenvalue weighted by atomic mass is 35.5. The lowest BCUT2D eigenvalue weighted by molar-refractivity contribution is 0.418. The number of hydrogen-bond donors (Lipinski definition) is 1. The van der Waals surface area contributed by atoms with E-state index in [4.69, 9.17) is 29.6 Å². The molecular formula is C15H21ClN2S. The predicted molar refractivity (Wildman–Crippen MR) is 87.2 cm³/mol. The Kier molecular flexibility index (Phi) is 5.06. The summed E-state index contributed by atoms with van der Waals surface area (Å²) < 4.78 is 0. The fourth-order valence-corrected chi connectivity index (χ4v) is 3.44. The maximum absolute atomic E-state index is 6.27. The van der Waals surface area contributed by atoms with Crippen LogP contribution in [-0.2, 0) is 0 Å². The van der Waals surface area contributed by atoms with E-state index in [1.54, 1.807) is 0 Å². The van der Waals surface area contributed by atoms with Crippen molar-refractivity contribution in [2.45, 2.75) is 45.1 Å². The highest BCUT2D eigenvalue weighted by Crippen LogP contribution is 2.30. The Morgan fingerprint density at radius 1 is 1.37 bits per heavy atom. The van der Waals surface area contributed by atoms with Gasteiger partial charge in [0.2, 0.25) is 0 Å². The number of benzene rings is 1. The van der Waals surface area contributed by atoms with Crippen LogP contribution < -0.4 is 10.6 Å². The Morgan fingerprint density at radius 3 is 2.58 bits per heavy atom. The summed E-state index contributed by atoms with van der Waals surface area (Å²) in [4.78, 5) is 2.81. The Hall–Kier alpha value is -0.800. The van der Waals surface area contributed by atoms with Crippen molar-refractivity contribution in [3.8, 4) is 0 Å². The van der Waals surface area contributed by atoms with E-state index in [9.17, 15) is 0 Å². The van der Waals surface area contributed by atoms with Crippen LogP contribution in [0.2, 0.25) is 5.02 Å². The summed E-state index contributed by atoms with van der Waals surface area (Å²) in [6.07, 6.45) is 6.60. The topological polar surface area (TPSA) is 29.3 Å². The van der Waals surface area contributed by atoms with Gasteiger partial charge in [0.15, 0.2) is 0 Å². The van der Waals surface area contributed by atoms with Gasteiger partial charge in [0, 0.05) is 23.8 Å². The molecule has 0 amide bonds. The van der Waals surface area contributed by atoms with Crippen LogP contribution in [0.1, 0.15) is 44.6 Å². The first-order valence-electron chi connectivity index (χ1n) is 6.99. The van der Waals surface area contributed by atoms with Crippen molar-refractivity contribution in [3.63, 3.8) is 0 Å². The van der Waals surface area contributed by atoms with Gasteiger partial charge in [0.05, 0.1) is 5.02 Å². The van der Waals surface area contributed by atoms with Crippen LogP contribution >= 0.6 is 23.8 Å². The molecule has 0 bridgehead atoms. The molecule has 0 heterocycles. The Morgan fingerprint density at radius 2 is 2.05 bits per heavy atom. The fourth-order valence-electron chi connectivity index (χ4n) is 2.93. The number of nitrogens with zero attached hydrogens (tertiary/aromatic N) is 1. The van der Waals surface area contributed by atoms with Crippen molar-refractivity contribution < 1.29 is 0 Å². The van der Waals surface area contributed by atoms with Gasteiger partial charge in [-0.25, -0.2) is 0 Å². The standard InChI is InChI=1S/C15H21ClN2S/c1-2-18(11-6-4-3-5-7-11)12-8-9-13(15(17)19)14(16)10-12/h8-11H,2-7H2,1H3,(H2,17,19). The van der Waals surface area contributed by atoms with Crippen LogP contribution in [0.25, 0.3) is 0 Å². The van der Waals surface area contributed by atoms with Crippen molar-refractivity contribution in [3.05, 3.63) is 28.8 Å². The largest absolute Gasteiger partial charge is 0.389 e. The summed E-state index contributed by atoms with van der Waals surface area (Å²) in [6, 6.07) is 6.66. The molecule has 1 aliphatic rings. The van der Waals surface area contributed by atoms with Crippen LogP contribution in [-0.4, -0.2) is 17.6 Å². The third-order valence-corrected chi connectivity index (χ3v) is 4.44. The molecule has 1 saturated carbocycles. The van der Waals surface area contributed by atoms with Crippen LogP contribution in [0.15, 0.2) is 18.2 Å². The lowest BCUT2D eigenvalue weighted by atomic mass is 9.93. The monoisotopic (exact) mass is 296 g/mol. The molecule has 1 aliphatic carbocycles. The Labute approximate surface area is 125 Å². The van der Waals surface area contributed by atoms with E-state index in [0.29, 0.717) is 16.1 Å². The van der Waals surface area contributed by atoms with Crippen molar-refractivity contribution in [2.75, 3.05) is 11.4 Å². The minimum Gasteiger partial charge on any atom is -0.389 e. The van der Waals surface area contributed by atoms with E-state index in [2.05, 4.69) is 17.9 Å². The van der Waals surface area contributed by atoms with E-state index >= 15 is 0 Å². The molecule has 0 radical (unpaired) electrons. The second-order valence-electron chi connectivity index (χ2n) is 5.11. The number of thiocarbonyl (C=S) groups is 1. The van der Waals surface area contributed by atoms with Crippen molar-refractivity contribution in [1.29, 1.82) is 0 Å².